The second-order valence-electron chi connectivity index (χ2n) is 4.26. The summed E-state index contributed by atoms with van der Waals surface area (Å²) in [7, 11) is 0. The highest BCUT2D eigenvalue weighted by atomic mass is 32.2. The number of aliphatic imine (C=N–C) groups is 1. The highest BCUT2D eigenvalue weighted by Gasteiger charge is 2.12. The number of guanidine groups is 1. The topological polar surface area (TPSA) is 41.6 Å². The summed E-state index contributed by atoms with van der Waals surface area (Å²) in [5.41, 5.74) is 7.38. The Bertz CT molecular complexity index is 356. The summed E-state index contributed by atoms with van der Waals surface area (Å²) in [5.74, 6) is 3.50. The first-order chi connectivity index (χ1) is 8.27. The van der Waals surface area contributed by atoms with E-state index in [0.29, 0.717) is 11.9 Å². The van der Waals surface area contributed by atoms with E-state index >= 15 is 0 Å². The highest BCUT2D eigenvalue weighted by molar-refractivity contribution is 7.99. The Hall–Kier alpha value is -0.680. The van der Waals surface area contributed by atoms with Crippen LogP contribution in [0.4, 0.5) is 0 Å². The third kappa shape index (κ3) is 3.64. The molecule has 1 aromatic rings. The molecule has 94 valence electrons. The molecule has 5 heteroatoms. The molecular weight excluding hydrogens is 250 g/mol. The number of thioether (sulfide) groups is 1. The van der Waals surface area contributed by atoms with Gasteiger partial charge in [0.05, 0.1) is 0 Å². The van der Waals surface area contributed by atoms with Gasteiger partial charge >= 0.3 is 0 Å². The average molecular weight is 269 g/mol. The zero-order valence-corrected chi connectivity index (χ0v) is 11.8. The maximum Gasteiger partial charge on any atom is 0.191 e. The summed E-state index contributed by atoms with van der Waals surface area (Å²) >= 11 is 3.72. The van der Waals surface area contributed by atoms with Crippen LogP contribution in [-0.2, 0) is 0 Å². The number of rotatable bonds is 3. The van der Waals surface area contributed by atoms with E-state index < -0.39 is 0 Å². The van der Waals surface area contributed by atoms with Gasteiger partial charge in [-0.1, -0.05) is 6.92 Å². The molecule has 0 aliphatic carbocycles. The lowest BCUT2D eigenvalue weighted by molar-refractivity contribution is 0.455. The number of nitrogens with zero attached hydrogens (tertiary/aromatic N) is 2. The van der Waals surface area contributed by atoms with Gasteiger partial charge < -0.3 is 10.6 Å². The third-order valence-corrected chi connectivity index (χ3v) is 4.62. The van der Waals surface area contributed by atoms with Crippen molar-refractivity contribution in [1.82, 2.24) is 4.90 Å². The number of nitrogens with two attached hydrogens (primary N) is 1. The first-order valence-electron chi connectivity index (χ1n) is 5.92. The lowest BCUT2D eigenvalue weighted by Crippen LogP contribution is -2.42. The fourth-order valence-corrected chi connectivity index (χ4v) is 3.47. The molecule has 1 aliphatic rings. The molecule has 1 aliphatic heterocycles. The first kappa shape index (κ1) is 12.8. The fraction of sp³-hybridized carbons (Fsp3) is 0.583. The van der Waals surface area contributed by atoms with Gasteiger partial charge in [0.15, 0.2) is 5.96 Å². The molecule has 17 heavy (non-hydrogen) atoms. The van der Waals surface area contributed by atoms with E-state index in [0.717, 1.165) is 31.1 Å². The Morgan fingerprint density at radius 1 is 1.53 bits per heavy atom. The smallest absolute Gasteiger partial charge is 0.191 e. The van der Waals surface area contributed by atoms with Crippen LogP contribution in [0.15, 0.2) is 21.8 Å². The predicted octanol–water partition coefficient (Wildman–Crippen LogP) is 2.22. The molecular formula is C12H19N3S2. The summed E-state index contributed by atoms with van der Waals surface area (Å²) in [6.45, 7) is 5.05. The van der Waals surface area contributed by atoms with Crippen molar-refractivity contribution in [3.05, 3.63) is 22.4 Å². The molecule has 1 fully saturated rings. The van der Waals surface area contributed by atoms with Crippen molar-refractivity contribution < 1.29 is 0 Å². The van der Waals surface area contributed by atoms with Gasteiger partial charge in [-0.15, -0.1) is 0 Å². The number of hydrogen-bond acceptors (Lipinski definition) is 3. The normalized spacial score (nSPS) is 19.4. The lowest BCUT2D eigenvalue weighted by Gasteiger charge is -2.27. The van der Waals surface area contributed by atoms with Gasteiger partial charge in [-0.3, -0.25) is 4.99 Å². The van der Waals surface area contributed by atoms with Crippen molar-refractivity contribution in [2.75, 3.05) is 31.1 Å². The Kier molecular flexibility index (Phi) is 4.74. The van der Waals surface area contributed by atoms with Crippen LogP contribution in [0.5, 0.6) is 0 Å². The zero-order chi connectivity index (χ0) is 12.1. The number of thiophene rings is 1. The second kappa shape index (κ2) is 6.31. The van der Waals surface area contributed by atoms with E-state index in [1.165, 1.54) is 5.56 Å². The van der Waals surface area contributed by atoms with Crippen LogP contribution in [-0.4, -0.2) is 42.0 Å². The van der Waals surface area contributed by atoms with Crippen molar-refractivity contribution >= 4 is 29.1 Å². The maximum atomic E-state index is 6.02. The van der Waals surface area contributed by atoms with Crippen LogP contribution in [0.25, 0.3) is 0 Å². The van der Waals surface area contributed by atoms with Crippen LogP contribution in [0.1, 0.15) is 18.4 Å². The lowest BCUT2D eigenvalue weighted by atomic mass is 10.1. The summed E-state index contributed by atoms with van der Waals surface area (Å²) in [4.78, 5) is 6.71. The van der Waals surface area contributed by atoms with Crippen LogP contribution >= 0.6 is 23.1 Å². The Morgan fingerprint density at radius 3 is 2.94 bits per heavy atom. The van der Waals surface area contributed by atoms with Gasteiger partial charge in [-0.25, -0.2) is 0 Å². The van der Waals surface area contributed by atoms with Crippen LogP contribution in [0.2, 0.25) is 0 Å². The standard InChI is InChI=1S/C12H19N3S2/c1-10(11-2-5-17-9-11)8-14-12(13)15-3-6-16-7-4-15/h2,5,9-10H,3-4,6-8H2,1H3,(H2,13,14). The second-order valence-corrected chi connectivity index (χ2v) is 6.26. The zero-order valence-electron chi connectivity index (χ0n) is 10.1. The van der Waals surface area contributed by atoms with Crippen molar-refractivity contribution in [2.24, 2.45) is 10.7 Å². The Balaban J connectivity index is 1.86. The molecule has 0 aromatic carbocycles. The molecule has 1 unspecified atom stereocenters. The molecule has 0 saturated carbocycles. The molecule has 2 rings (SSSR count). The summed E-state index contributed by atoms with van der Waals surface area (Å²) in [6.07, 6.45) is 0. The van der Waals surface area contributed by atoms with E-state index in [-0.39, 0.29) is 0 Å². The minimum absolute atomic E-state index is 0.457. The minimum Gasteiger partial charge on any atom is -0.370 e. The third-order valence-electron chi connectivity index (χ3n) is 2.97. The highest BCUT2D eigenvalue weighted by Crippen LogP contribution is 2.18. The van der Waals surface area contributed by atoms with Crippen LogP contribution in [0.3, 0.4) is 0 Å². The first-order valence-corrected chi connectivity index (χ1v) is 8.02. The Labute approximate surface area is 111 Å². The molecule has 1 saturated heterocycles. The minimum atomic E-state index is 0.457. The monoisotopic (exact) mass is 269 g/mol. The van der Waals surface area contributed by atoms with Gasteiger partial charge in [-0.2, -0.15) is 23.1 Å². The van der Waals surface area contributed by atoms with E-state index in [9.17, 15) is 0 Å². The number of hydrogen-bond donors (Lipinski definition) is 1. The molecule has 2 N–H and O–H groups in total. The van der Waals surface area contributed by atoms with Gasteiger partial charge in [0.1, 0.15) is 0 Å². The van der Waals surface area contributed by atoms with E-state index in [1.54, 1.807) is 11.3 Å². The Morgan fingerprint density at radius 2 is 2.29 bits per heavy atom. The summed E-state index contributed by atoms with van der Waals surface area (Å²) in [6, 6.07) is 2.17. The molecule has 0 amide bonds. The summed E-state index contributed by atoms with van der Waals surface area (Å²) < 4.78 is 0. The molecule has 0 radical (unpaired) electrons. The average Bonchev–Trinajstić information content (AvgIpc) is 2.90. The molecule has 1 aromatic heterocycles. The molecule has 1 atom stereocenters. The van der Waals surface area contributed by atoms with Gasteiger partial charge in [0.2, 0.25) is 0 Å². The molecule has 0 spiro atoms. The van der Waals surface area contributed by atoms with E-state index in [4.69, 9.17) is 5.73 Å². The van der Waals surface area contributed by atoms with Gasteiger partial charge in [0.25, 0.3) is 0 Å². The summed E-state index contributed by atoms with van der Waals surface area (Å²) in [5, 5.41) is 4.30. The van der Waals surface area contributed by atoms with Crippen LogP contribution in [0, 0.1) is 0 Å². The quantitative estimate of drug-likeness (QED) is 0.676. The van der Waals surface area contributed by atoms with Crippen LogP contribution < -0.4 is 5.73 Å². The van der Waals surface area contributed by atoms with E-state index in [2.05, 4.69) is 33.6 Å². The largest absolute Gasteiger partial charge is 0.370 e. The van der Waals surface area contributed by atoms with Crippen molar-refractivity contribution in [2.45, 2.75) is 12.8 Å². The fourth-order valence-electron chi connectivity index (χ4n) is 1.78. The maximum absolute atomic E-state index is 6.02. The van der Waals surface area contributed by atoms with Crippen molar-refractivity contribution in [1.29, 1.82) is 0 Å². The molecule has 3 nitrogen and oxygen atoms in total. The predicted molar refractivity (Wildman–Crippen MR) is 78.1 cm³/mol. The van der Waals surface area contributed by atoms with Crippen molar-refractivity contribution in [3.63, 3.8) is 0 Å². The molecule has 0 bridgehead atoms. The van der Waals surface area contributed by atoms with Crippen molar-refractivity contribution in [3.8, 4) is 0 Å². The SMILES string of the molecule is CC(CN=C(N)N1CCSCC1)c1ccsc1. The van der Waals surface area contributed by atoms with Gasteiger partial charge in [0, 0.05) is 37.1 Å². The molecule has 2 heterocycles. The van der Waals surface area contributed by atoms with E-state index in [1.807, 2.05) is 11.8 Å². The van der Waals surface area contributed by atoms with Gasteiger partial charge in [-0.05, 0) is 22.4 Å².